The molecule has 2 aliphatic rings. The van der Waals surface area contributed by atoms with Crippen molar-refractivity contribution in [1.29, 1.82) is 0 Å². The van der Waals surface area contributed by atoms with E-state index < -0.39 is 23.7 Å². The van der Waals surface area contributed by atoms with Crippen LogP contribution in [0.15, 0.2) is 54.6 Å². The second-order valence-electron chi connectivity index (χ2n) is 11.4. The monoisotopic (exact) mass is 475 g/mol. The van der Waals surface area contributed by atoms with Gasteiger partial charge in [-0.05, 0) is 68.6 Å². The van der Waals surface area contributed by atoms with Crippen LogP contribution in [0.4, 0.5) is 0 Å². The van der Waals surface area contributed by atoms with E-state index in [4.69, 9.17) is 0 Å². The van der Waals surface area contributed by atoms with Crippen LogP contribution in [0, 0.1) is 11.8 Å². The Bertz CT molecular complexity index is 1060. The lowest BCUT2D eigenvalue weighted by molar-refractivity contribution is -0.158. The molecule has 3 atom stereocenters. The second-order valence-corrected chi connectivity index (χ2v) is 11.4. The molecule has 35 heavy (non-hydrogen) atoms. The van der Waals surface area contributed by atoms with E-state index in [2.05, 4.69) is 22.8 Å². The van der Waals surface area contributed by atoms with Gasteiger partial charge >= 0.3 is 0 Å². The Labute approximate surface area is 208 Å². The maximum absolute atomic E-state index is 14.2. The summed E-state index contributed by atoms with van der Waals surface area (Å²) in [6.07, 6.45) is 1.96. The smallest absolute Gasteiger partial charge is 0.247 e. The van der Waals surface area contributed by atoms with Crippen LogP contribution in [0.1, 0.15) is 63.8 Å². The third-order valence-electron chi connectivity index (χ3n) is 6.85. The number of hydrogen-bond donors (Lipinski definition) is 2. The fourth-order valence-electron chi connectivity index (χ4n) is 5.39. The van der Waals surface area contributed by atoms with Gasteiger partial charge in [0.15, 0.2) is 0 Å². The zero-order valence-electron chi connectivity index (χ0n) is 21.4. The quantitative estimate of drug-likeness (QED) is 0.667. The molecule has 4 rings (SSSR count). The Balaban J connectivity index is 1.74. The second kappa shape index (κ2) is 9.84. The van der Waals surface area contributed by atoms with E-state index >= 15 is 0 Å². The van der Waals surface area contributed by atoms with Gasteiger partial charge < -0.3 is 15.5 Å². The zero-order chi connectivity index (χ0) is 25.3. The van der Waals surface area contributed by atoms with Crippen molar-refractivity contribution in [2.75, 3.05) is 0 Å². The molecular formula is C29H37N3O3. The molecule has 1 fully saturated rings. The molecule has 2 aromatic carbocycles. The summed E-state index contributed by atoms with van der Waals surface area (Å²) in [4.78, 5) is 43.0. The Morgan fingerprint density at radius 3 is 2.11 bits per heavy atom. The molecule has 0 saturated carbocycles. The minimum Gasteiger partial charge on any atom is -0.349 e. The number of carbonyl (C=O) groups is 3. The number of fused-ring (bicyclic) bond motifs is 1. The highest BCUT2D eigenvalue weighted by Gasteiger charge is 2.49. The normalized spacial score (nSPS) is 21.6. The Morgan fingerprint density at radius 1 is 1.00 bits per heavy atom. The third-order valence-corrected chi connectivity index (χ3v) is 6.85. The summed E-state index contributed by atoms with van der Waals surface area (Å²) in [5.74, 6) is -0.479. The van der Waals surface area contributed by atoms with E-state index in [1.165, 1.54) is 11.1 Å². The number of carbonyl (C=O) groups excluding carboxylic acids is 3. The molecule has 186 valence electrons. The van der Waals surface area contributed by atoms with Crippen molar-refractivity contribution in [3.8, 4) is 0 Å². The molecule has 1 aliphatic heterocycles. The molecule has 2 aromatic rings. The maximum Gasteiger partial charge on any atom is 0.247 e. The Kier molecular flexibility index (Phi) is 7.02. The fourth-order valence-corrected chi connectivity index (χ4v) is 5.39. The van der Waals surface area contributed by atoms with Gasteiger partial charge in [0, 0.05) is 5.54 Å². The van der Waals surface area contributed by atoms with Crippen LogP contribution in [-0.2, 0) is 27.2 Å². The van der Waals surface area contributed by atoms with Gasteiger partial charge in [-0.25, -0.2) is 0 Å². The number of amides is 3. The first kappa shape index (κ1) is 25.0. The third kappa shape index (κ3) is 5.42. The first-order valence-electron chi connectivity index (χ1n) is 12.6. The van der Waals surface area contributed by atoms with Crippen molar-refractivity contribution in [2.24, 2.45) is 11.8 Å². The molecule has 0 radical (unpaired) electrons. The van der Waals surface area contributed by atoms with E-state index in [9.17, 15) is 14.4 Å². The summed E-state index contributed by atoms with van der Waals surface area (Å²) in [6, 6.07) is 15.3. The first-order valence-corrected chi connectivity index (χ1v) is 12.6. The van der Waals surface area contributed by atoms with Gasteiger partial charge in [-0.1, -0.05) is 68.4 Å². The van der Waals surface area contributed by atoms with Crippen molar-refractivity contribution in [3.05, 3.63) is 71.3 Å². The van der Waals surface area contributed by atoms with Gasteiger partial charge in [0.1, 0.15) is 18.1 Å². The molecule has 6 nitrogen and oxygen atoms in total. The highest BCUT2D eigenvalue weighted by Crippen LogP contribution is 2.35. The molecule has 6 heteroatoms. The molecule has 2 N–H and O–H groups in total. The standard InChI is InChI=1S/C29H37N3O3/c1-18(2)15-23-26(33)30-24(22-16-20-13-9-10-14-21(20)17-22)28(35)32(23)25(19-11-7-6-8-12-19)27(34)31-29(3,4)5/h6-14,18,22-25H,15-17H2,1-5H3,(H,30,33)(H,31,34)/t23-,24-,25+/m1/s1. The van der Waals surface area contributed by atoms with Gasteiger partial charge in [-0.2, -0.15) is 0 Å². The topological polar surface area (TPSA) is 78.5 Å². The molecule has 0 aromatic heterocycles. The van der Waals surface area contributed by atoms with Crippen LogP contribution in [0.5, 0.6) is 0 Å². The van der Waals surface area contributed by atoms with Gasteiger partial charge in [-0.15, -0.1) is 0 Å². The Morgan fingerprint density at radius 2 is 1.57 bits per heavy atom. The van der Waals surface area contributed by atoms with E-state index in [1.54, 1.807) is 4.90 Å². The summed E-state index contributed by atoms with van der Waals surface area (Å²) in [5, 5.41) is 6.12. The zero-order valence-corrected chi connectivity index (χ0v) is 21.4. The van der Waals surface area contributed by atoms with Gasteiger partial charge in [0.25, 0.3) is 0 Å². The molecular weight excluding hydrogens is 438 g/mol. The molecule has 0 unspecified atom stereocenters. The first-order chi connectivity index (χ1) is 16.5. The van der Waals surface area contributed by atoms with E-state index in [0.717, 1.165) is 12.8 Å². The molecule has 3 amide bonds. The predicted octanol–water partition coefficient (Wildman–Crippen LogP) is 3.80. The lowest BCUT2D eigenvalue weighted by atomic mass is 9.87. The van der Waals surface area contributed by atoms with Crippen molar-refractivity contribution >= 4 is 17.7 Å². The van der Waals surface area contributed by atoms with Crippen LogP contribution in [0.2, 0.25) is 0 Å². The highest BCUT2D eigenvalue weighted by atomic mass is 16.2. The number of rotatable bonds is 6. The molecule has 1 aliphatic carbocycles. The summed E-state index contributed by atoms with van der Waals surface area (Å²) in [7, 11) is 0. The van der Waals surface area contributed by atoms with Crippen molar-refractivity contribution in [2.45, 2.75) is 77.5 Å². The van der Waals surface area contributed by atoms with Crippen LogP contribution in [0.25, 0.3) is 0 Å². The van der Waals surface area contributed by atoms with Crippen molar-refractivity contribution in [1.82, 2.24) is 15.5 Å². The average Bonchev–Trinajstić information content (AvgIpc) is 3.21. The average molecular weight is 476 g/mol. The lowest BCUT2D eigenvalue weighted by Crippen LogP contribution is -2.67. The predicted molar refractivity (Wildman–Crippen MR) is 136 cm³/mol. The molecule has 0 bridgehead atoms. The van der Waals surface area contributed by atoms with Crippen molar-refractivity contribution in [3.63, 3.8) is 0 Å². The van der Waals surface area contributed by atoms with Crippen LogP contribution < -0.4 is 10.6 Å². The van der Waals surface area contributed by atoms with Gasteiger partial charge in [0.2, 0.25) is 17.7 Å². The maximum atomic E-state index is 14.2. The number of hydrogen-bond acceptors (Lipinski definition) is 3. The van der Waals surface area contributed by atoms with Crippen LogP contribution in [0.3, 0.4) is 0 Å². The summed E-state index contributed by atoms with van der Waals surface area (Å²) >= 11 is 0. The summed E-state index contributed by atoms with van der Waals surface area (Å²) in [6.45, 7) is 9.82. The van der Waals surface area contributed by atoms with Crippen LogP contribution >= 0.6 is 0 Å². The van der Waals surface area contributed by atoms with Crippen molar-refractivity contribution < 1.29 is 14.4 Å². The van der Waals surface area contributed by atoms with E-state index in [0.29, 0.717) is 12.0 Å². The lowest BCUT2D eigenvalue weighted by Gasteiger charge is -2.45. The highest BCUT2D eigenvalue weighted by molar-refractivity contribution is 6.00. The fraction of sp³-hybridized carbons (Fsp3) is 0.483. The van der Waals surface area contributed by atoms with E-state index in [-0.39, 0.29) is 29.6 Å². The number of nitrogens with one attached hydrogen (secondary N) is 2. The number of nitrogens with zero attached hydrogens (tertiary/aromatic N) is 1. The largest absolute Gasteiger partial charge is 0.349 e. The SMILES string of the molecule is CC(C)C[C@@H]1C(=O)N[C@H](C2Cc3ccccc3C2)C(=O)N1[C@H](C(=O)NC(C)(C)C)c1ccccc1. The Hall–Kier alpha value is -3.15. The minimum absolute atomic E-state index is 0.0338. The molecule has 1 saturated heterocycles. The van der Waals surface area contributed by atoms with Gasteiger partial charge in [-0.3, -0.25) is 14.4 Å². The van der Waals surface area contributed by atoms with E-state index in [1.807, 2.05) is 77.1 Å². The summed E-state index contributed by atoms with van der Waals surface area (Å²) < 4.78 is 0. The number of benzene rings is 2. The van der Waals surface area contributed by atoms with Gasteiger partial charge in [0.05, 0.1) is 0 Å². The summed E-state index contributed by atoms with van der Waals surface area (Å²) in [5.41, 5.74) is 2.67. The molecule has 1 heterocycles. The minimum atomic E-state index is -0.885. The number of piperazine rings is 1. The molecule has 0 spiro atoms. The van der Waals surface area contributed by atoms with Crippen LogP contribution in [-0.4, -0.2) is 40.2 Å².